The lowest BCUT2D eigenvalue weighted by molar-refractivity contribution is 0.102. The summed E-state index contributed by atoms with van der Waals surface area (Å²) in [6, 6.07) is 22.4. The van der Waals surface area contributed by atoms with Gasteiger partial charge in [-0.3, -0.25) is 4.79 Å². The number of carbonyl (C=O) groups is 1. The van der Waals surface area contributed by atoms with Gasteiger partial charge in [0.25, 0.3) is 5.91 Å². The van der Waals surface area contributed by atoms with E-state index in [1.54, 1.807) is 30.6 Å². The molecule has 2 aromatic heterocycles. The smallest absolute Gasteiger partial charge is 0.255 e. The first-order valence-corrected chi connectivity index (χ1v) is 13.9. The Hall–Kier alpha value is -4.81. The number of rotatable bonds is 7. The summed E-state index contributed by atoms with van der Waals surface area (Å²) in [5, 5.41) is 18.7. The fraction of sp³-hybridized carbons (Fsp3) is 0.194. The molecule has 1 amide bonds. The third-order valence-electron chi connectivity index (χ3n) is 6.82. The van der Waals surface area contributed by atoms with Crippen molar-refractivity contribution in [3.8, 4) is 29.0 Å². The number of benzene rings is 3. The Kier molecular flexibility index (Phi) is 7.33. The monoisotopic (exact) mass is 546 g/mol. The molecule has 1 aliphatic rings. The van der Waals surface area contributed by atoms with Crippen molar-refractivity contribution in [2.24, 2.45) is 0 Å². The molecule has 3 aromatic carbocycles. The maximum atomic E-state index is 12.9. The molecule has 0 spiro atoms. The highest BCUT2D eigenvalue weighted by molar-refractivity contribution is 7.10. The van der Waals surface area contributed by atoms with Gasteiger partial charge in [-0.25, -0.2) is 4.98 Å². The average Bonchev–Trinajstić information content (AvgIpc) is 3.62. The summed E-state index contributed by atoms with van der Waals surface area (Å²) < 4.78 is 5.20. The number of amides is 1. The van der Waals surface area contributed by atoms with Gasteiger partial charge in [0, 0.05) is 33.7 Å². The molecule has 9 heteroatoms. The Morgan fingerprint density at radius 1 is 1.07 bits per heavy atom. The number of hydrogen-bond acceptors (Lipinski definition) is 7. The highest BCUT2D eigenvalue weighted by Gasteiger charge is 2.21. The van der Waals surface area contributed by atoms with E-state index in [0.29, 0.717) is 29.5 Å². The molecule has 6 rings (SSSR count). The van der Waals surface area contributed by atoms with Crippen LogP contribution in [0.4, 0.5) is 5.69 Å². The molecule has 198 valence electrons. The number of methoxy groups -OCH3 is 1. The minimum atomic E-state index is -0.210. The van der Waals surface area contributed by atoms with E-state index >= 15 is 0 Å². The molecule has 1 N–H and O–H groups in total. The van der Waals surface area contributed by atoms with Gasteiger partial charge in [0.15, 0.2) is 5.01 Å². The molecule has 1 aliphatic carbocycles. The lowest BCUT2D eigenvalue weighted by Crippen LogP contribution is -2.11. The van der Waals surface area contributed by atoms with E-state index in [1.807, 2.05) is 60.7 Å². The summed E-state index contributed by atoms with van der Waals surface area (Å²) in [5.74, 6) is 8.01. The third-order valence-corrected chi connectivity index (χ3v) is 7.60. The zero-order chi connectivity index (χ0) is 27.3. The van der Waals surface area contributed by atoms with Crippen LogP contribution in [0, 0.1) is 11.8 Å². The standard InChI is InChI=1S/C31H26N6O2S/c1-39-27-15-8-22(9-16-27)19-37-35-30(34-36-37)24-11-13-25(14-12-24)31(38)32-26-7-2-4-21(18-26)10-17-29-33-28(20-40-29)23-5-3-6-23/h2,4,7-9,11-16,18,20,23H,3,5-6,19H2,1H3,(H,32,38). The van der Waals surface area contributed by atoms with Gasteiger partial charge >= 0.3 is 0 Å². The van der Waals surface area contributed by atoms with Crippen LogP contribution in [0.25, 0.3) is 11.4 Å². The molecule has 0 saturated heterocycles. The summed E-state index contributed by atoms with van der Waals surface area (Å²) in [6.07, 6.45) is 3.74. The number of ether oxygens (including phenoxy) is 1. The van der Waals surface area contributed by atoms with E-state index in [4.69, 9.17) is 4.74 Å². The van der Waals surface area contributed by atoms with E-state index in [2.05, 4.69) is 42.9 Å². The predicted octanol–water partition coefficient (Wildman–Crippen LogP) is 5.77. The lowest BCUT2D eigenvalue weighted by Gasteiger charge is -2.22. The molecule has 0 aliphatic heterocycles. The van der Waals surface area contributed by atoms with Crippen LogP contribution >= 0.6 is 11.3 Å². The molecule has 0 bridgehead atoms. The minimum absolute atomic E-state index is 0.210. The van der Waals surface area contributed by atoms with Gasteiger partial charge in [-0.05, 0) is 72.0 Å². The van der Waals surface area contributed by atoms with E-state index < -0.39 is 0 Å². The van der Waals surface area contributed by atoms with Crippen molar-refractivity contribution in [2.45, 2.75) is 31.7 Å². The van der Waals surface area contributed by atoms with Crippen molar-refractivity contribution in [2.75, 3.05) is 12.4 Å². The molecule has 1 saturated carbocycles. The number of nitrogens with zero attached hydrogens (tertiary/aromatic N) is 5. The van der Waals surface area contributed by atoms with Crippen LogP contribution in [0.1, 0.15) is 57.4 Å². The van der Waals surface area contributed by atoms with Gasteiger partial charge < -0.3 is 10.1 Å². The summed E-state index contributed by atoms with van der Waals surface area (Å²) in [5.41, 5.74) is 5.00. The van der Waals surface area contributed by atoms with Crippen LogP contribution in [0.5, 0.6) is 5.75 Å². The Morgan fingerprint density at radius 3 is 2.65 bits per heavy atom. The van der Waals surface area contributed by atoms with Gasteiger partial charge in [0.2, 0.25) is 5.82 Å². The van der Waals surface area contributed by atoms with Gasteiger partial charge in [0.1, 0.15) is 5.75 Å². The van der Waals surface area contributed by atoms with Crippen molar-refractivity contribution in [3.63, 3.8) is 0 Å². The zero-order valence-corrected chi connectivity index (χ0v) is 22.7. The SMILES string of the molecule is COc1ccc(Cn2nnc(-c3ccc(C(=O)Nc4cccc(C#Cc5nc(C6CCC6)cs5)c4)cc3)n2)cc1. The second-order valence-corrected chi connectivity index (χ2v) is 10.4. The number of anilines is 1. The molecule has 0 radical (unpaired) electrons. The summed E-state index contributed by atoms with van der Waals surface area (Å²) in [7, 11) is 1.64. The van der Waals surface area contributed by atoms with E-state index in [-0.39, 0.29) is 5.91 Å². The highest BCUT2D eigenvalue weighted by atomic mass is 32.1. The number of carbonyl (C=O) groups excluding carboxylic acids is 1. The highest BCUT2D eigenvalue weighted by Crippen LogP contribution is 2.36. The predicted molar refractivity (Wildman–Crippen MR) is 154 cm³/mol. The quantitative estimate of drug-likeness (QED) is 0.260. The Balaban J connectivity index is 1.07. The first-order valence-electron chi connectivity index (χ1n) is 13.0. The number of aromatic nitrogens is 5. The average molecular weight is 547 g/mol. The maximum absolute atomic E-state index is 12.9. The molecule has 2 heterocycles. The summed E-state index contributed by atoms with van der Waals surface area (Å²) in [4.78, 5) is 19.1. The van der Waals surface area contributed by atoms with Crippen molar-refractivity contribution in [3.05, 3.63) is 106 Å². The minimum Gasteiger partial charge on any atom is -0.497 e. The normalized spacial score (nSPS) is 12.7. The first-order chi connectivity index (χ1) is 19.6. The fourth-order valence-corrected chi connectivity index (χ4v) is 5.07. The molecular formula is C31H26N6O2S. The topological polar surface area (TPSA) is 94.8 Å². The lowest BCUT2D eigenvalue weighted by atomic mass is 9.83. The maximum Gasteiger partial charge on any atom is 0.255 e. The van der Waals surface area contributed by atoms with Crippen LogP contribution in [0.2, 0.25) is 0 Å². The van der Waals surface area contributed by atoms with Crippen LogP contribution in [0.15, 0.2) is 78.2 Å². The second-order valence-electron chi connectivity index (χ2n) is 9.56. The molecule has 40 heavy (non-hydrogen) atoms. The van der Waals surface area contributed by atoms with E-state index in [1.165, 1.54) is 29.8 Å². The Labute approximate surface area is 236 Å². The molecular weight excluding hydrogens is 520 g/mol. The number of thiazole rings is 1. The Morgan fingerprint density at radius 2 is 1.90 bits per heavy atom. The van der Waals surface area contributed by atoms with E-state index in [9.17, 15) is 4.79 Å². The van der Waals surface area contributed by atoms with Crippen molar-refractivity contribution >= 4 is 22.9 Å². The summed E-state index contributed by atoms with van der Waals surface area (Å²) in [6.45, 7) is 0.492. The molecule has 8 nitrogen and oxygen atoms in total. The van der Waals surface area contributed by atoms with Crippen LogP contribution < -0.4 is 10.1 Å². The molecule has 0 atom stereocenters. The molecule has 5 aromatic rings. The van der Waals surface area contributed by atoms with Gasteiger partial charge in [-0.15, -0.1) is 21.5 Å². The number of hydrogen-bond donors (Lipinski definition) is 1. The number of nitrogens with one attached hydrogen (secondary N) is 1. The van der Waals surface area contributed by atoms with Crippen LogP contribution in [-0.4, -0.2) is 38.2 Å². The van der Waals surface area contributed by atoms with Crippen LogP contribution in [0.3, 0.4) is 0 Å². The van der Waals surface area contributed by atoms with Crippen molar-refractivity contribution in [1.82, 2.24) is 25.2 Å². The second kappa shape index (κ2) is 11.5. The summed E-state index contributed by atoms with van der Waals surface area (Å²) >= 11 is 1.59. The molecule has 1 fully saturated rings. The van der Waals surface area contributed by atoms with Gasteiger partial charge in [-0.2, -0.15) is 4.80 Å². The van der Waals surface area contributed by atoms with Gasteiger partial charge in [-0.1, -0.05) is 42.7 Å². The van der Waals surface area contributed by atoms with Crippen LogP contribution in [-0.2, 0) is 6.54 Å². The fourth-order valence-electron chi connectivity index (χ4n) is 4.33. The molecule has 0 unspecified atom stereocenters. The largest absolute Gasteiger partial charge is 0.497 e. The first kappa shape index (κ1) is 25.5. The van der Waals surface area contributed by atoms with Crippen molar-refractivity contribution < 1.29 is 9.53 Å². The van der Waals surface area contributed by atoms with Gasteiger partial charge in [0.05, 0.1) is 19.3 Å². The zero-order valence-electron chi connectivity index (χ0n) is 21.9. The number of tetrazole rings is 1. The van der Waals surface area contributed by atoms with Crippen molar-refractivity contribution in [1.29, 1.82) is 0 Å². The Bertz CT molecular complexity index is 1690. The third kappa shape index (κ3) is 5.92. The van der Waals surface area contributed by atoms with E-state index in [0.717, 1.165) is 27.4 Å².